The fourth-order valence-electron chi connectivity index (χ4n) is 2.37. The van der Waals surface area contributed by atoms with Crippen LogP contribution in [0.25, 0.3) is 32.8 Å². The third kappa shape index (κ3) is 1.25. The van der Waals surface area contributed by atoms with Crippen molar-refractivity contribution in [3.63, 3.8) is 0 Å². The number of benzene rings is 2. The van der Waals surface area contributed by atoms with E-state index in [1.54, 1.807) is 6.20 Å². The first kappa shape index (κ1) is 10.1. The van der Waals surface area contributed by atoms with E-state index in [0.717, 1.165) is 37.3 Å². The first-order valence-electron chi connectivity index (χ1n) is 5.69. The highest BCUT2D eigenvalue weighted by molar-refractivity contribution is 9.10. The molecule has 0 saturated heterocycles. The van der Waals surface area contributed by atoms with E-state index in [1.807, 2.05) is 30.3 Å². The van der Waals surface area contributed by atoms with Gasteiger partial charge in [0.15, 0.2) is 5.58 Å². The van der Waals surface area contributed by atoms with Crippen molar-refractivity contribution in [2.75, 3.05) is 0 Å². The fourth-order valence-corrected chi connectivity index (χ4v) is 2.92. The van der Waals surface area contributed by atoms with Crippen LogP contribution in [0.5, 0.6) is 0 Å². The average molecular weight is 298 g/mol. The SMILES string of the molecule is Brc1cc2c3ccccc3oc2c2ncccc12. The molecule has 18 heavy (non-hydrogen) atoms. The van der Waals surface area contributed by atoms with Gasteiger partial charge in [0.25, 0.3) is 0 Å². The molecule has 4 aromatic rings. The molecule has 3 heteroatoms. The molecular formula is C15H8BrNO. The summed E-state index contributed by atoms with van der Waals surface area (Å²) in [6.45, 7) is 0. The molecule has 0 saturated carbocycles. The normalized spacial score (nSPS) is 11.6. The fraction of sp³-hybridized carbons (Fsp3) is 0. The van der Waals surface area contributed by atoms with E-state index in [1.165, 1.54) is 0 Å². The van der Waals surface area contributed by atoms with Gasteiger partial charge in [0.1, 0.15) is 11.1 Å². The first-order valence-corrected chi connectivity index (χ1v) is 6.48. The van der Waals surface area contributed by atoms with Crippen LogP contribution in [0.15, 0.2) is 57.6 Å². The van der Waals surface area contributed by atoms with Crippen molar-refractivity contribution in [3.05, 3.63) is 53.1 Å². The average Bonchev–Trinajstić information content (AvgIpc) is 2.78. The minimum Gasteiger partial charge on any atom is -0.454 e. The van der Waals surface area contributed by atoms with Crippen LogP contribution in [-0.2, 0) is 0 Å². The van der Waals surface area contributed by atoms with Crippen molar-refractivity contribution in [2.24, 2.45) is 0 Å². The van der Waals surface area contributed by atoms with Crippen molar-refractivity contribution < 1.29 is 4.42 Å². The maximum absolute atomic E-state index is 5.94. The zero-order valence-corrected chi connectivity index (χ0v) is 10.9. The molecule has 4 rings (SSSR count). The van der Waals surface area contributed by atoms with Crippen molar-refractivity contribution >= 4 is 48.8 Å². The molecule has 0 spiro atoms. The summed E-state index contributed by atoms with van der Waals surface area (Å²) >= 11 is 3.61. The molecule has 0 N–H and O–H groups in total. The molecule has 2 nitrogen and oxygen atoms in total. The van der Waals surface area contributed by atoms with Gasteiger partial charge < -0.3 is 4.42 Å². The molecule has 86 valence electrons. The van der Waals surface area contributed by atoms with E-state index in [-0.39, 0.29) is 0 Å². The molecule has 2 aromatic heterocycles. The summed E-state index contributed by atoms with van der Waals surface area (Å²) in [5.41, 5.74) is 2.66. The Bertz CT molecular complexity index is 895. The minimum atomic E-state index is 0.856. The molecule has 0 bridgehead atoms. The Labute approximate surface area is 111 Å². The number of aromatic nitrogens is 1. The lowest BCUT2D eigenvalue weighted by Gasteiger charge is -2.00. The molecule has 0 atom stereocenters. The number of furan rings is 1. The van der Waals surface area contributed by atoms with Crippen molar-refractivity contribution in [1.82, 2.24) is 4.98 Å². The standard InChI is InChI=1S/C15H8BrNO/c16-12-8-11-9-4-1-2-6-13(9)18-15(11)14-10(12)5-3-7-17-14/h1-8H. The molecule has 2 aromatic carbocycles. The van der Waals surface area contributed by atoms with Gasteiger partial charge in [-0.3, -0.25) is 4.98 Å². The molecule has 0 aliphatic rings. The highest BCUT2D eigenvalue weighted by Gasteiger charge is 2.12. The van der Waals surface area contributed by atoms with Crippen LogP contribution >= 0.6 is 15.9 Å². The van der Waals surface area contributed by atoms with Crippen molar-refractivity contribution in [3.8, 4) is 0 Å². The molecule has 0 aliphatic heterocycles. The third-order valence-electron chi connectivity index (χ3n) is 3.19. The smallest absolute Gasteiger partial charge is 0.161 e. The molecule has 0 aliphatic carbocycles. The Morgan fingerprint density at radius 2 is 1.78 bits per heavy atom. The first-order chi connectivity index (χ1) is 8.84. The number of halogens is 1. The lowest BCUT2D eigenvalue weighted by Crippen LogP contribution is -1.79. The molecular weight excluding hydrogens is 290 g/mol. The molecule has 2 heterocycles. The Kier molecular flexibility index (Phi) is 2.00. The van der Waals surface area contributed by atoms with E-state index >= 15 is 0 Å². The van der Waals surface area contributed by atoms with Crippen LogP contribution in [0.4, 0.5) is 0 Å². The lowest BCUT2D eigenvalue weighted by atomic mass is 10.1. The molecule has 0 fully saturated rings. The maximum atomic E-state index is 5.94. The maximum Gasteiger partial charge on any atom is 0.161 e. The van der Waals surface area contributed by atoms with Gasteiger partial charge in [-0.2, -0.15) is 0 Å². The van der Waals surface area contributed by atoms with E-state index < -0.39 is 0 Å². The number of fused-ring (bicyclic) bond motifs is 5. The summed E-state index contributed by atoms with van der Waals surface area (Å²) in [5.74, 6) is 0. The van der Waals surface area contributed by atoms with Gasteiger partial charge in [-0.05, 0) is 18.2 Å². The van der Waals surface area contributed by atoms with Gasteiger partial charge in [0, 0.05) is 26.8 Å². The van der Waals surface area contributed by atoms with E-state index in [2.05, 4.69) is 33.0 Å². The lowest BCUT2D eigenvalue weighted by molar-refractivity contribution is 0.671. The van der Waals surface area contributed by atoms with Gasteiger partial charge in [0.05, 0.1) is 0 Å². The Hall–Kier alpha value is -1.87. The Morgan fingerprint density at radius 3 is 2.72 bits per heavy atom. The third-order valence-corrected chi connectivity index (χ3v) is 3.84. The quantitative estimate of drug-likeness (QED) is 0.461. The molecule has 0 unspecified atom stereocenters. The Balaban J connectivity index is 2.36. The zero-order chi connectivity index (χ0) is 12.1. The van der Waals surface area contributed by atoms with E-state index in [4.69, 9.17) is 4.42 Å². The number of pyridine rings is 1. The second-order valence-electron chi connectivity index (χ2n) is 4.23. The van der Waals surface area contributed by atoms with Gasteiger partial charge in [-0.25, -0.2) is 0 Å². The van der Waals surface area contributed by atoms with Crippen LogP contribution < -0.4 is 0 Å². The predicted molar refractivity (Wildman–Crippen MR) is 76.7 cm³/mol. The number of hydrogen-bond donors (Lipinski definition) is 0. The number of hydrogen-bond acceptors (Lipinski definition) is 2. The Morgan fingerprint density at radius 1 is 0.944 bits per heavy atom. The van der Waals surface area contributed by atoms with E-state index in [9.17, 15) is 0 Å². The second-order valence-corrected chi connectivity index (χ2v) is 5.09. The number of rotatable bonds is 0. The highest BCUT2D eigenvalue weighted by Crippen LogP contribution is 2.36. The van der Waals surface area contributed by atoms with Crippen molar-refractivity contribution in [2.45, 2.75) is 0 Å². The minimum absolute atomic E-state index is 0.856. The van der Waals surface area contributed by atoms with Crippen LogP contribution in [-0.4, -0.2) is 4.98 Å². The summed E-state index contributed by atoms with van der Waals surface area (Å²) in [7, 11) is 0. The predicted octanol–water partition coefficient (Wildman–Crippen LogP) is 4.90. The largest absolute Gasteiger partial charge is 0.454 e. The summed E-state index contributed by atoms with van der Waals surface area (Å²) in [6.07, 6.45) is 1.79. The monoisotopic (exact) mass is 297 g/mol. The summed E-state index contributed by atoms with van der Waals surface area (Å²) in [6, 6.07) is 14.1. The van der Waals surface area contributed by atoms with Crippen LogP contribution in [0.2, 0.25) is 0 Å². The van der Waals surface area contributed by atoms with Gasteiger partial charge in [0.2, 0.25) is 0 Å². The number of nitrogens with zero attached hydrogens (tertiary/aromatic N) is 1. The number of para-hydroxylation sites is 1. The summed E-state index contributed by atoms with van der Waals surface area (Å²) < 4.78 is 6.98. The molecule has 0 amide bonds. The zero-order valence-electron chi connectivity index (χ0n) is 9.35. The van der Waals surface area contributed by atoms with Gasteiger partial charge >= 0.3 is 0 Å². The highest BCUT2D eigenvalue weighted by atomic mass is 79.9. The molecule has 0 radical (unpaired) electrons. The van der Waals surface area contributed by atoms with E-state index in [0.29, 0.717) is 0 Å². The van der Waals surface area contributed by atoms with Crippen LogP contribution in [0.3, 0.4) is 0 Å². The second kappa shape index (κ2) is 3.56. The summed E-state index contributed by atoms with van der Waals surface area (Å²) in [4.78, 5) is 4.44. The van der Waals surface area contributed by atoms with Gasteiger partial charge in [-0.1, -0.05) is 40.2 Å². The summed E-state index contributed by atoms with van der Waals surface area (Å²) in [5, 5.41) is 3.30. The van der Waals surface area contributed by atoms with Gasteiger partial charge in [-0.15, -0.1) is 0 Å². The van der Waals surface area contributed by atoms with Crippen LogP contribution in [0, 0.1) is 0 Å². The topological polar surface area (TPSA) is 26.0 Å². The van der Waals surface area contributed by atoms with Crippen LogP contribution in [0.1, 0.15) is 0 Å². The van der Waals surface area contributed by atoms with Crippen molar-refractivity contribution in [1.29, 1.82) is 0 Å².